The first-order chi connectivity index (χ1) is 9.12. The molecule has 1 unspecified atom stereocenters. The number of hydrogen-bond acceptors (Lipinski definition) is 4. The van der Waals surface area contributed by atoms with Crippen LogP contribution in [0.15, 0.2) is 12.3 Å². The molecule has 0 aliphatic carbocycles. The summed E-state index contributed by atoms with van der Waals surface area (Å²) < 4.78 is 5.20. The molecule has 0 aliphatic rings. The molecule has 2 N–H and O–H groups in total. The number of nitrogens with one attached hydrogen (secondary N) is 1. The zero-order valence-electron chi connectivity index (χ0n) is 11.1. The molecule has 0 fully saturated rings. The van der Waals surface area contributed by atoms with Gasteiger partial charge in [-0.2, -0.15) is 0 Å². The molecular formula is C13H19ClN2O3. The van der Waals surface area contributed by atoms with Gasteiger partial charge in [-0.05, 0) is 25.8 Å². The van der Waals surface area contributed by atoms with Crippen LogP contribution in [0.25, 0.3) is 0 Å². The third-order valence-corrected chi connectivity index (χ3v) is 2.93. The SMILES string of the molecule is CCOc1ncc(C(=O)NC(CC)CCO)cc1Cl. The zero-order chi connectivity index (χ0) is 14.3. The van der Waals surface area contributed by atoms with Gasteiger partial charge in [-0.15, -0.1) is 0 Å². The smallest absolute Gasteiger partial charge is 0.253 e. The Morgan fingerprint density at radius 3 is 2.84 bits per heavy atom. The Kier molecular flexibility index (Phi) is 6.59. The van der Waals surface area contributed by atoms with E-state index in [1.54, 1.807) is 0 Å². The first-order valence-corrected chi connectivity index (χ1v) is 6.70. The average Bonchev–Trinajstić information content (AvgIpc) is 2.40. The number of carbonyl (C=O) groups is 1. The Morgan fingerprint density at radius 2 is 2.32 bits per heavy atom. The van der Waals surface area contributed by atoms with E-state index in [4.69, 9.17) is 21.4 Å². The highest BCUT2D eigenvalue weighted by atomic mass is 35.5. The largest absolute Gasteiger partial charge is 0.477 e. The van der Waals surface area contributed by atoms with Gasteiger partial charge >= 0.3 is 0 Å². The summed E-state index contributed by atoms with van der Waals surface area (Å²) in [5, 5.41) is 12.0. The van der Waals surface area contributed by atoms with Gasteiger partial charge in [-0.1, -0.05) is 18.5 Å². The van der Waals surface area contributed by atoms with E-state index in [2.05, 4.69) is 10.3 Å². The van der Waals surface area contributed by atoms with E-state index in [-0.39, 0.29) is 18.6 Å². The molecule has 5 nitrogen and oxygen atoms in total. The topological polar surface area (TPSA) is 71.5 Å². The normalized spacial score (nSPS) is 12.0. The van der Waals surface area contributed by atoms with Crippen LogP contribution in [0.1, 0.15) is 37.0 Å². The maximum atomic E-state index is 12.0. The number of ether oxygens (including phenoxy) is 1. The van der Waals surface area contributed by atoms with Crippen molar-refractivity contribution in [3.8, 4) is 5.88 Å². The number of rotatable bonds is 7. The Balaban J connectivity index is 2.74. The predicted octanol–water partition coefficient (Wildman–Crippen LogP) is 2.02. The maximum Gasteiger partial charge on any atom is 0.253 e. The van der Waals surface area contributed by atoms with Crippen LogP contribution in [0.3, 0.4) is 0 Å². The molecule has 19 heavy (non-hydrogen) atoms. The summed E-state index contributed by atoms with van der Waals surface area (Å²) in [6, 6.07) is 1.48. The van der Waals surface area contributed by atoms with E-state index in [1.165, 1.54) is 12.3 Å². The standard InChI is InChI=1S/C13H19ClN2O3/c1-3-10(5-6-17)16-12(18)9-7-11(14)13(15-8-9)19-4-2/h7-8,10,17H,3-6H2,1-2H3,(H,16,18). The molecule has 0 aliphatic heterocycles. The van der Waals surface area contributed by atoms with Gasteiger partial charge in [0.2, 0.25) is 5.88 Å². The van der Waals surface area contributed by atoms with E-state index in [0.29, 0.717) is 29.5 Å². The van der Waals surface area contributed by atoms with Crippen LogP contribution >= 0.6 is 11.6 Å². The summed E-state index contributed by atoms with van der Waals surface area (Å²) in [7, 11) is 0. The molecular weight excluding hydrogens is 268 g/mol. The Bertz CT molecular complexity index is 426. The maximum absolute atomic E-state index is 12.0. The second-order valence-electron chi connectivity index (χ2n) is 4.03. The molecule has 0 spiro atoms. The molecule has 0 saturated heterocycles. The summed E-state index contributed by atoms with van der Waals surface area (Å²) >= 11 is 5.98. The second kappa shape index (κ2) is 7.96. The molecule has 1 amide bonds. The van der Waals surface area contributed by atoms with E-state index in [9.17, 15) is 4.79 Å². The number of hydrogen-bond donors (Lipinski definition) is 2. The van der Waals surface area contributed by atoms with Crippen molar-refractivity contribution in [1.82, 2.24) is 10.3 Å². The van der Waals surface area contributed by atoms with Crippen molar-refractivity contribution in [2.45, 2.75) is 32.7 Å². The van der Waals surface area contributed by atoms with Crippen molar-refractivity contribution in [2.24, 2.45) is 0 Å². The minimum atomic E-state index is -0.252. The summed E-state index contributed by atoms with van der Waals surface area (Å²) in [6.45, 7) is 4.29. The van der Waals surface area contributed by atoms with Crippen LogP contribution in [-0.2, 0) is 0 Å². The molecule has 0 bridgehead atoms. The summed E-state index contributed by atoms with van der Waals surface area (Å²) in [5.74, 6) is 0.0702. The van der Waals surface area contributed by atoms with E-state index < -0.39 is 0 Å². The fraction of sp³-hybridized carbons (Fsp3) is 0.538. The lowest BCUT2D eigenvalue weighted by Crippen LogP contribution is -2.35. The molecule has 1 aromatic heterocycles. The second-order valence-corrected chi connectivity index (χ2v) is 4.44. The summed E-state index contributed by atoms with van der Waals surface area (Å²) in [4.78, 5) is 16.0. The third-order valence-electron chi connectivity index (χ3n) is 2.66. The molecule has 1 atom stereocenters. The van der Waals surface area contributed by atoms with Crippen LogP contribution < -0.4 is 10.1 Å². The van der Waals surface area contributed by atoms with Crippen molar-refractivity contribution < 1.29 is 14.6 Å². The molecule has 1 aromatic rings. The first-order valence-electron chi connectivity index (χ1n) is 6.32. The van der Waals surface area contributed by atoms with Gasteiger partial charge in [0, 0.05) is 18.8 Å². The Morgan fingerprint density at radius 1 is 1.58 bits per heavy atom. The van der Waals surface area contributed by atoms with E-state index in [0.717, 1.165) is 6.42 Å². The Hall–Kier alpha value is -1.33. The van der Waals surface area contributed by atoms with Gasteiger partial charge in [0.1, 0.15) is 5.02 Å². The van der Waals surface area contributed by atoms with Crippen LogP contribution in [0, 0.1) is 0 Å². The number of halogens is 1. The van der Waals surface area contributed by atoms with Crippen molar-refractivity contribution in [2.75, 3.05) is 13.2 Å². The first kappa shape index (κ1) is 15.7. The van der Waals surface area contributed by atoms with E-state index in [1.807, 2.05) is 13.8 Å². The van der Waals surface area contributed by atoms with Crippen LogP contribution in [0.4, 0.5) is 0 Å². The van der Waals surface area contributed by atoms with Crippen molar-refractivity contribution in [3.05, 3.63) is 22.8 Å². The highest BCUT2D eigenvalue weighted by Crippen LogP contribution is 2.22. The highest BCUT2D eigenvalue weighted by molar-refractivity contribution is 6.32. The third kappa shape index (κ3) is 4.69. The lowest BCUT2D eigenvalue weighted by atomic mass is 10.1. The molecule has 0 radical (unpaired) electrons. The summed E-state index contributed by atoms with van der Waals surface area (Å²) in [5.41, 5.74) is 0.379. The molecule has 1 heterocycles. The Labute approximate surface area is 117 Å². The minimum absolute atomic E-state index is 0.0427. The van der Waals surface area contributed by atoms with Crippen LogP contribution in [-0.4, -0.2) is 35.3 Å². The number of nitrogens with zero attached hydrogens (tertiary/aromatic N) is 1. The van der Waals surface area contributed by atoms with Crippen molar-refractivity contribution in [1.29, 1.82) is 0 Å². The number of aliphatic hydroxyl groups excluding tert-OH is 1. The molecule has 6 heteroatoms. The average molecular weight is 287 g/mol. The molecule has 0 saturated carbocycles. The van der Waals surface area contributed by atoms with Crippen LogP contribution in [0.5, 0.6) is 5.88 Å². The monoisotopic (exact) mass is 286 g/mol. The van der Waals surface area contributed by atoms with Crippen molar-refractivity contribution >= 4 is 17.5 Å². The van der Waals surface area contributed by atoms with Crippen LogP contribution in [0.2, 0.25) is 5.02 Å². The number of aromatic nitrogens is 1. The number of aliphatic hydroxyl groups is 1. The fourth-order valence-electron chi connectivity index (χ4n) is 1.60. The lowest BCUT2D eigenvalue weighted by Gasteiger charge is -2.15. The quantitative estimate of drug-likeness (QED) is 0.804. The van der Waals surface area contributed by atoms with Gasteiger partial charge in [-0.25, -0.2) is 4.98 Å². The molecule has 1 rings (SSSR count). The number of amides is 1. The van der Waals surface area contributed by atoms with Gasteiger partial charge in [0.15, 0.2) is 0 Å². The van der Waals surface area contributed by atoms with Gasteiger partial charge in [0.05, 0.1) is 12.2 Å². The van der Waals surface area contributed by atoms with Gasteiger partial charge in [0.25, 0.3) is 5.91 Å². The highest BCUT2D eigenvalue weighted by Gasteiger charge is 2.14. The number of carbonyl (C=O) groups excluding carboxylic acids is 1. The zero-order valence-corrected chi connectivity index (χ0v) is 11.9. The molecule has 106 valence electrons. The predicted molar refractivity (Wildman–Crippen MR) is 73.7 cm³/mol. The fourth-order valence-corrected chi connectivity index (χ4v) is 1.82. The number of pyridine rings is 1. The van der Waals surface area contributed by atoms with Gasteiger partial charge in [-0.3, -0.25) is 4.79 Å². The minimum Gasteiger partial charge on any atom is -0.477 e. The van der Waals surface area contributed by atoms with Crippen molar-refractivity contribution in [3.63, 3.8) is 0 Å². The molecule has 0 aromatic carbocycles. The van der Waals surface area contributed by atoms with Gasteiger partial charge < -0.3 is 15.2 Å². The lowest BCUT2D eigenvalue weighted by molar-refractivity contribution is 0.0928. The van der Waals surface area contributed by atoms with E-state index >= 15 is 0 Å². The summed E-state index contributed by atoms with van der Waals surface area (Å²) in [6.07, 6.45) is 2.71.